The van der Waals surface area contributed by atoms with Crippen molar-refractivity contribution < 1.29 is 4.74 Å². The molecule has 1 aliphatic carbocycles. The third-order valence-corrected chi connectivity index (χ3v) is 7.53. The van der Waals surface area contributed by atoms with Crippen LogP contribution in [0, 0.1) is 0 Å². The lowest BCUT2D eigenvalue weighted by Crippen LogP contribution is -2.46. The smallest absolute Gasteiger partial charge is 0.143 e. The van der Waals surface area contributed by atoms with Crippen molar-refractivity contribution in [3.8, 4) is 11.1 Å². The maximum atomic E-state index is 5.52. The molecule has 7 heteroatoms. The van der Waals surface area contributed by atoms with Crippen LogP contribution in [-0.2, 0) is 4.74 Å². The summed E-state index contributed by atoms with van der Waals surface area (Å²) in [5.41, 5.74) is 4.50. The van der Waals surface area contributed by atoms with Crippen LogP contribution < -0.4 is 5.32 Å². The summed E-state index contributed by atoms with van der Waals surface area (Å²) in [5.74, 6) is 0.952. The van der Waals surface area contributed by atoms with Gasteiger partial charge in [-0.3, -0.25) is 4.90 Å². The molecule has 31 heavy (non-hydrogen) atoms. The second-order valence-corrected chi connectivity index (χ2v) is 9.42. The quantitative estimate of drug-likeness (QED) is 0.479. The third-order valence-electron chi connectivity index (χ3n) is 6.84. The highest BCUT2D eigenvalue weighted by Crippen LogP contribution is 2.34. The fraction of sp³-hybridized carbons (Fsp3) is 0.417. The number of anilines is 1. The number of nitrogens with one attached hydrogen (secondary N) is 2. The van der Waals surface area contributed by atoms with Gasteiger partial charge >= 0.3 is 0 Å². The summed E-state index contributed by atoms with van der Waals surface area (Å²) in [6.07, 6.45) is 6.50. The van der Waals surface area contributed by atoms with E-state index in [0.29, 0.717) is 12.1 Å². The van der Waals surface area contributed by atoms with Crippen molar-refractivity contribution >= 4 is 39.1 Å². The number of H-pyrrole nitrogens is 1. The van der Waals surface area contributed by atoms with E-state index in [1.54, 1.807) is 17.7 Å². The zero-order valence-electron chi connectivity index (χ0n) is 17.5. The molecular formula is C24H27N5OS. The van der Waals surface area contributed by atoms with E-state index in [-0.39, 0.29) is 0 Å². The van der Waals surface area contributed by atoms with Gasteiger partial charge in [0, 0.05) is 36.1 Å². The van der Waals surface area contributed by atoms with Gasteiger partial charge in [-0.2, -0.15) is 11.3 Å². The van der Waals surface area contributed by atoms with Crippen LogP contribution in [-0.4, -0.2) is 58.2 Å². The molecule has 2 fully saturated rings. The number of ether oxygens (including phenoxy) is 1. The summed E-state index contributed by atoms with van der Waals surface area (Å²) in [5, 5.41) is 10.4. The van der Waals surface area contributed by atoms with Crippen LogP contribution in [0.5, 0.6) is 0 Å². The highest BCUT2D eigenvalue weighted by atomic mass is 32.1. The SMILES string of the molecule is c1nc(NC2CCC(N3CCOCC3)CC2)c2c(n1)[nH]c1ccc(-c3ccsc3)cc12. The van der Waals surface area contributed by atoms with Crippen molar-refractivity contribution in [3.05, 3.63) is 41.4 Å². The van der Waals surface area contributed by atoms with Gasteiger partial charge in [-0.15, -0.1) is 0 Å². The normalized spacial score (nSPS) is 22.8. The second-order valence-electron chi connectivity index (χ2n) is 8.64. The van der Waals surface area contributed by atoms with E-state index in [2.05, 4.69) is 60.2 Å². The van der Waals surface area contributed by atoms with Crippen molar-refractivity contribution in [1.82, 2.24) is 19.9 Å². The molecule has 1 aromatic carbocycles. The topological polar surface area (TPSA) is 66.1 Å². The molecule has 0 radical (unpaired) electrons. The van der Waals surface area contributed by atoms with Gasteiger partial charge in [0.15, 0.2) is 0 Å². The van der Waals surface area contributed by atoms with Gasteiger partial charge in [0.2, 0.25) is 0 Å². The largest absolute Gasteiger partial charge is 0.379 e. The van der Waals surface area contributed by atoms with E-state index in [9.17, 15) is 0 Å². The predicted octanol–water partition coefficient (Wildman–Crippen LogP) is 4.89. The van der Waals surface area contributed by atoms with Crippen LogP contribution in [0.2, 0.25) is 0 Å². The van der Waals surface area contributed by atoms with E-state index in [4.69, 9.17) is 4.74 Å². The fourth-order valence-electron chi connectivity index (χ4n) is 5.16. The van der Waals surface area contributed by atoms with Crippen molar-refractivity contribution in [1.29, 1.82) is 0 Å². The van der Waals surface area contributed by atoms with Gasteiger partial charge in [0.05, 0.1) is 18.6 Å². The number of aromatic amines is 1. The van der Waals surface area contributed by atoms with Crippen LogP contribution >= 0.6 is 11.3 Å². The number of benzene rings is 1. The monoisotopic (exact) mass is 433 g/mol. The molecular weight excluding hydrogens is 406 g/mol. The van der Waals surface area contributed by atoms with E-state index < -0.39 is 0 Å². The molecule has 0 amide bonds. The van der Waals surface area contributed by atoms with Gasteiger partial charge in [0.1, 0.15) is 17.8 Å². The van der Waals surface area contributed by atoms with Crippen molar-refractivity contribution in [2.75, 3.05) is 31.6 Å². The Kier molecular flexibility index (Phi) is 5.10. The summed E-state index contributed by atoms with van der Waals surface area (Å²) in [6.45, 7) is 3.92. The molecule has 2 N–H and O–H groups in total. The molecule has 6 nitrogen and oxygen atoms in total. The number of morpholine rings is 1. The molecule has 4 heterocycles. The van der Waals surface area contributed by atoms with E-state index in [1.165, 1.54) is 42.2 Å². The van der Waals surface area contributed by atoms with Crippen LogP contribution in [0.25, 0.3) is 33.1 Å². The number of hydrogen-bond acceptors (Lipinski definition) is 6. The van der Waals surface area contributed by atoms with Crippen molar-refractivity contribution in [3.63, 3.8) is 0 Å². The van der Waals surface area contributed by atoms with Crippen LogP contribution in [0.1, 0.15) is 25.7 Å². The maximum Gasteiger partial charge on any atom is 0.143 e. The maximum absolute atomic E-state index is 5.52. The summed E-state index contributed by atoms with van der Waals surface area (Å²) in [6, 6.07) is 9.92. The molecule has 0 atom stereocenters. The molecule has 1 saturated heterocycles. The first-order valence-corrected chi connectivity index (χ1v) is 12.2. The molecule has 0 bridgehead atoms. The van der Waals surface area contributed by atoms with Crippen LogP contribution in [0.3, 0.4) is 0 Å². The van der Waals surface area contributed by atoms with Gasteiger partial charge in [-0.1, -0.05) is 6.07 Å². The standard InChI is InChI=1S/C24H27N5OS/c1-6-21-20(13-16(1)17-7-12-31-14-17)22-23(25-15-26-24(22)28-21)27-18-2-4-19(5-3-18)29-8-10-30-11-9-29/h1,6-7,12-15,18-19H,2-5,8-11H2,(H2,25,26,27,28). The lowest BCUT2D eigenvalue weighted by Gasteiger charge is -2.39. The average Bonchev–Trinajstić information content (AvgIpc) is 3.48. The molecule has 1 aliphatic heterocycles. The number of fused-ring (bicyclic) bond motifs is 3. The molecule has 6 rings (SSSR count). The molecule has 1 saturated carbocycles. The molecule has 160 valence electrons. The van der Waals surface area contributed by atoms with Crippen LogP contribution in [0.15, 0.2) is 41.4 Å². The Labute approximate surface area is 185 Å². The number of hydrogen-bond donors (Lipinski definition) is 2. The van der Waals surface area contributed by atoms with Crippen molar-refractivity contribution in [2.24, 2.45) is 0 Å². The van der Waals surface area contributed by atoms with Crippen LogP contribution in [0.4, 0.5) is 5.82 Å². The highest BCUT2D eigenvalue weighted by Gasteiger charge is 2.27. The molecule has 0 spiro atoms. The first kappa shape index (κ1) is 19.2. The number of aromatic nitrogens is 3. The van der Waals surface area contributed by atoms with Gasteiger partial charge < -0.3 is 15.0 Å². The van der Waals surface area contributed by atoms with E-state index in [0.717, 1.165) is 48.7 Å². The zero-order valence-corrected chi connectivity index (χ0v) is 18.3. The Morgan fingerprint density at radius 2 is 1.90 bits per heavy atom. The third kappa shape index (κ3) is 3.71. The van der Waals surface area contributed by atoms with Gasteiger partial charge in [-0.05, 0) is 65.8 Å². The summed E-state index contributed by atoms with van der Waals surface area (Å²) >= 11 is 1.73. The summed E-state index contributed by atoms with van der Waals surface area (Å²) < 4.78 is 5.52. The number of thiophene rings is 1. The second kappa shape index (κ2) is 8.22. The Balaban J connectivity index is 1.26. The fourth-order valence-corrected chi connectivity index (χ4v) is 5.83. The van der Waals surface area contributed by atoms with Gasteiger partial charge in [-0.25, -0.2) is 9.97 Å². The first-order valence-electron chi connectivity index (χ1n) is 11.2. The molecule has 4 aromatic rings. The minimum atomic E-state index is 0.459. The molecule has 0 unspecified atom stereocenters. The Hall–Kier alpha value is -2.48. The Morgan fingerprint density at radius 1 is 1.03 bits per heavy atom. The summed E-state index contributed by atoms with van der Waals surface area (Å²) in [4.78, 5) is 15.3. The highest BCUT2D eigenvalue weighted by molar-refractivity contribution is 7.08. The zero-order chi connectivity index (χ0) is 20.6. The minimum absolute atomic E-state index is 0.459. The number of nitrogens with zero attached hydrogens (tertiary/aromatic N) is 3. The van der Waals surface area contributed by atoms with Crippen molar-refractivity contribution in [2.45, 2.75) is 37.8 Å². The summed E-state index contributed by atoms with van der Waals surface area (Å²) in [7, 11) is 0. The average molecular weight is 434 g/mol. The van der Waals surface area contributed by atoms with Gasteiger partial charge in [0.25, 0.3) is 0 Å². The first-order chi connectivity index (χ1) is 15.3. The van der Waals surface area contributed by atoms with E-state index in [1.807, 2.05) is 0 Å². The predicted molar refractivity (Wildman–Crippen MR) is 127 cm³/mol. The Morgan fingerprint density at radius 3 is 2.71 bits per heavy atom. The lowest BCUT2D eigenvalue weighted by molar-refractivity contribution is 0.00791. The lowest BCUT2D eigenvalue weighted by atomic mass is 9.90. The molecule has 3 aromatic heterocycles. The Bertz CT molecular complexity index is 1170. The number of rotatable bonds is 4. The van der Waals surface area contributed by atoms with E-state index >= 15 is 0 Å². The molecule has 2 aliphatic rings. The minimum Gasteiger partial charge on any atom is -0.379 e.